The summed E-state index contributed by atoms with van der Waals surface area (Å²) in [5.74, 6) is -2.62. The molecule has 3 atom stereocenters. The van der Waals surface area contributed by atoms with Gasteiger partial charge in [0.1, 0.15) is 11.6 Å². The van der Waals surface area contributed by atoms with E-state index < -0.39 is 56.6 Å². The van der Waals surface area contributed by atoms with Crippen LogP contribution in [0.15, 0.2) is 42.5 Å². The number of nitrogens with two attached hydrogens (primary N) is 2. The maximum Gasteiger partial charge on any atom is 0.240 e. The Morgan fingerprint density at radius 3 is 2.10 bits per heavy atom. The average molecular weight is 568 g/mol. The number of rotatable bonds is 16. The number of halogens is 2. The molecule has 0 bridgehead atoms. The van der Waals surface area contributed by atoms with E-state index in [2.05, 4.69) is 0 Å². The SMILES string of the molecule is CCCC(CCC)S(=O)(=O)C[C@@H](N)C(=O)N(Cc1cccc(CC)c1)CC(O)[C@@H](N)Cc1cc(F)cc(F)c1. The van der Waals surface area contributed by atoms with Crippen LogP contribution >= 0.6 is 0 Å². The Morgan fingerprint density at radius 1 is 0.949 bits per heavy atom. The molecular formula is C29H43F2N3O4S. The Labute approximate surface area is 231 Å². The van der Waals surface area contributed by atoms with Crippen LogP contribution < -0.4 is 11.5 Å². The van der Waals surface area contributed by atoms with Gasteiger partial charge in [-0.3, -0.25) is 4.79 Å². The number of aliphatic hydroxyl groups excluding tert-OH is 1. The van der Waals surface area contributed by atoms with Crippen LogP contribution in [-0.2, 0) is 34.0 Å². The van der Waals surface area contributed by atoms with Crippen LogP contribution in [0.2, 0.25) is 0 Å². The van der Waals surface area contributed by atoms with Gasteiger partial charge in [0.15, 0.2) is 9.84 Å². The number of carbonyl (C=O) groups excluding carboxylic acids is 1. The van der Waals surface area contributed by atoms with Gasteiger partial charge in [-0.25, -0.2) is 17.2 Å². The van der Waals surface area contributed by atoms with E-state index in [0.717, 1.165) is 35.7 Å². The van der Waals surface area contributed by atoms with Crippen LogP contribution in [-0.4, -0.2) is 60.1 Å². The molecular weight excluding hydrogens is 524 g/mol. The average Bonchev–Trinajstić information content (AvgIpc) is 2.86. The number of benzene rings is 2. The first-order chi connectivity index (χ1) is 18.4. The molecule has 0 fully saturated rings. The Balaban J connectivity index is 2.25. The minimum absolute atomic E-state index is 0.0284. The predicted molar refractivity (Wildman–Crippen MR) is 151 cm³/mol. The monoisotopic (exact) mass is 567 g/mol. The number of nitrogens with zero attached hydrogens (tertiary/aromatic N) is 1. The molecule has 0 aliphatic heterocycles. The van der Waals surface area contributed by atoms with E-state index in [1.165, 1.54) is 4.90 Å². The molecule has 0 aliphatic rings. The molecule has 5 N–H and O–H groups in total. The minimum Gasteiger partial charge on any atom is -0.390 e. The zero-order chi connectivity index (χ0) is 29.2. The van der Waals surface area contributed by atoms with Crippen molar-refractivity contribution >= 4 is 15.7 Å². The lowest BCUT2D eigenvalue weighted by molar-refractivity contribution is -0.134. The number of aliphatic hydroxyl groups is 1. The summed E-state index contributed by atoms with van der Waals surface area (Å²) < 4.78 is 53.4. The van der Waals surface area contributed by atoms with E-state index in [0.29, 0.717) is 25.7 Å². The minimum atomic E-state index is -3.63. The predicted octanol–water partition coefficient (Wildman–Crippen LogP) is 3.50. The van der Waals surface area contributed by atoms with Gasteiger partial charge in [-0.05, 0) is 54.5 Å². The van der Waals surface area contributed by atoms with Crippen LogP contribution in [0.25, 0.3) is 0 Å². The van der Waals surface area contributed by atoms with Gasteiger partial charge in [-0.15, -0.1) is 0 Å². The van der Waals surface area contributed by atoms with Crippen molar-refractivity contribution < 1.29 is 27.1 Å². The molecule has 7 nitrogen and oxygen atoms in total. The molecule has 218 valence electrons. The van der Waals surface area contributed by atoms with Crippen LogP contribution in [0.1, 0.15) is 63.1 Å². The van der Waals surface area contributed by atoms with Crippen LogP contribution in [0.3, 0.4) is 0 Å². The molecule has 1 amide bonds. The van der Waals surface area contributed by atoms with Gasteiger partial charge in [-0.1, -0.05) is 57.9 Å². The Hall–Kier alpha value is -2.40. The molecule has 0 aliphatic carbocycles. The molecule has 10 heteroatoms. The van der Waals surface area contributed by atoms with Gasteiger partial charge >= 0.3 is 0 Å². The van der Waals surface area contributed by atoms with Gasteiger partial charge in [0.25, 0.3) is 0 Å². The van der Waals surface area contributed by atoms with Gasteiger partial charge in [0.2, 0.25) is 5.91 Å². The lowest BCUT2D eigenvalue weighted by Gasteiger charge is -2.30. The fourth-order valence-electron chi connectivity index (χ4n) is 4.74. The van der Waals surface area contributed by atoms with E-state index in [4.69, 9.17) is 11.5 Å². The maximum atomic E-state index is 13.6. The van der Waals surface area contributed by atoms with Crippen molar-refractivity contribution in [1.82, 2.24) is 4.90 Å². The first-order valence-corrected chi connectivity index (χ1v) is 15.3. The van der Waals surface area contributed by atoms with E-state index in [-0.39, 0.29) is 25.1 Å². The van der Waals surface area contributed by atoms with Crippen molar-refractivity contribution in [3.8, 4) is 0 Å². The molecule has 2 aromatic rings. The number of carbonyl (C=O) groups is 1. The summed E-state index contributed by atoms with van der Waals surface area (Å²) in [5.41, 5.74) is 14.5. The summed E-state index contributed by atoms with van der Waals surface area (Å²) in [6.07, 6.45) is 1.90. The van der Waals surface area contributed by atoms with Crippen LogP contribution in [0.4, 0.5) is 8.78 Å². The van der Waals surface area contributed by atoms with E-state index >= 15 is 0 Å². The molecule has 2 rings (SSSR count). The third kappa shape index (κ3) is 10.3. The van der Waals surface area contributed by atoms with Crippen molar-refractivity contribution in [2.24, 2.45) is 11.5 Å². The summed E-state index contributed by atoms with van der Waals surface area (Å²) >= 11 is 0. The summed E-state index contributed by atoms with van der Waals surface area (Å²) in [5, 5.41) is 10.3. The van der Waals surface area contributed by atoms with Crippen molar-refractivity contribution in [3.63, 3.8) is 0 Å². The molecule has 0 saturated carbocycles. The normalized spacial score (nSPS) is 14.3. The highest BCUT2D eigenvalue weighted by Crippen LogP contribution is 2.18. The molecule has 0 saturated heterocycles. The lowest BCUT2D eigenvalue weighted by Crippen LogP contribution is -2.52. The lowest BCUT2D eigenvalue weighted by atomic mass is 10.0. The Kier molecular flexibility index (Phi) is 13.0. The van der Waals surface area contributed by atoms with E-state index in [1.807, 2.05) is 45.0 Å². The van der Waals surface area contributed by atoms with Crippen molar-refractivity contribution in [3.05, 3.63) is 70.8 Å². The largest absolute Gasteiger partial charge is 0.390 e. The van der Waals surface area contributed by atoms with Gasteiger partial charge in [0.05, 0.1) is 23.1 Å². The zero-order valence-corrected chi connectivity index (χ0v) is 24.0. The summed E-state index contributed by atoms with van der Waals surface area (Å²) in [6.45, 7) is 5.70. The first kappa shape index (κ1) is 32.8. The van der Waals surface area contributed by atoms with Gasteiger partial charge < -0.3 is 21.5 Å². The molecule has 0 aromatic heterocycles. The first-order valence-electron chi connectivity index (χ1n) is 13.6. The third-order valence-corrected chi connectivity index (χ3v) is 9.15. The number of amides is 1. The standard InChI is InChI=1S/C29H43F2N3O4S/c1-4-8-25(9-5-2)39(37,38)19-27(33)29(36)34(17-21-11-7-10-20(6-3)12-21)18-28(35)26(32)15-22-13-23(30)16-24(31)14-22/h7,10-14,16,25-28,35H,4-6,8-9,15,17-19,32-33H2,1-3H3/t26-,27+,28?/m0/s1. The maximum absolute atomic E-state index is 13.6. The quantitative estimate of drug-likeness (QED) is 0.285. The Morgan fingerprint density at radius 2 is 1.54 bits per heavy atom. The molecule has 2 aromatic carbocycles. The van der Waals surface area contributed by atoms with Crippen molar-refractivity contribution in [1.29, 1.82) is 0 Å². The molecule has 39 heavy (non-hydrogen) atoms. The highest BCUT2D eigenvalue weighted by atomic mass is 32.2. The molecule has 0 radical (unpaired) electrons. The van der Waals surface area contributed by atoms with Crippen molar-refractivity contribution in [2.45, 2.75) is 89.3 Å². The highest BCUT2D eigenvalue weighted by molar-refractivity contribution is 7.92. The summed E-state index contributed by atoms with van der Waals surface area (Å²) in [7, 11) is -3.63. The third-order valence-electron chi connectivity index (χ3n) is 6.84. The van der Waals surface area contributed by atoms with Crippen LogP contribution in [0.5, 0.6) is 0 Å². The van der Waals surface area contributed by atoms with E-state index in [9.17, 15) is 27.1 Å². The summed E-state index contributed by atoms with van der Waals surface area (Å²) in [4.78, 5) is 14.8. The number of hydrogen-bond acceptors (Lipinski definition) is 6. The molecule has 0 spiro atoms. The summed E-state index contributed by atoms with van der Waals surface area (Å²) in [6, 6.07) is 8.35. The van der Waals surface area contributed by atoms with Gasteiger partial charge in [-0.2, -0.15) is 0 Å². The zero-order valence-electron chi connectivity index (χ0n) is 23.2. The molecule has 1 unspecified atom stereocenters. The number of aryl methyl sites for hydroxylation is 1. The van der Waals surface area contributed by atoms with Gasteiger partial charge in [0, 0.05) is 25.2 Å². The number of hydrogen-bond donors (Lipinski definition) is 3. The second kappa shape index (κ2) is 15.4. The fraction of sp³-hybridized carbons (Fsp3) is 0.552. The van der Waals surface area contributed by atoms with E-state index in [1.54, 1.807) is 0 Å². The topological polar surface area (TPSA) is 127 Å². The highest BCUT2D eigenvalue weighted by Gasteiger charge is 2.32. The Bertz CT molecular complexity index is 1150. The van der Waals surface area contributed by atoms with Crippen molar-refractivity contribution in [2.75, 3.05) is 12.3 Å². The molecule has 0 heterocycles. The smallest absolute Gasteiger partial charge is 0.240 e. The fourth-order valence-corrected chi connectivity index (χ4v) is 6.84. The second-order valence-corrected chi connectivity index (χ2v) is 12.6. The number of sulfone groups is 1. The van der Waals surface area contributed by atoms with Crippen LogP contribution in [0, 0.1) is 11.6 Å². The second-order valence-electron chi connectivity index (χ2n) is 10.2.